The van der Waals surface area contributed by atoms with E-state index in [0.29, 0.717) is 12.4 Å². The van der Waals surface area contributed by atoms with E-state index in [4.69, 9.17) is 4.74 Å². The van der Waals surface area contributed by atoms with Crippen LogP contribution in [0.5, 0.6) is 5.75 Å². The average molecular weight is 409 g/mol. The number of aromatic nitrogens is 3. The highest BCUT2D eigenvalue weighted by atomic mass is 32.2. The molecule has 0 fully saturated rings. The first-order chi connectivity index (χ1) is 14.2. The van der Waals surface area contributed by atoms with Crippen LogP contribution in [0.25, 0.3) is 0 Å². The van der Waals surface area contributed by atoms with Crippen molar-refractivity contribution in [1.29, 1.82) is 0 Å². The van der Waals surface area contributed by atoms with Crippen molar-refractivity contribution >= 4 is 23.4 Å². The van der Waals surface area contributed by atoms with Gasteiger partial charge in [-0.2, -0.15) is 0 Å². The van der Waals surface area contributed by atoms with Crippen LogP contribution < -0.4 is 9.64 Å². The van der Waals surface area contributed by atoms with E-state index in [9.17, 15) is 4.79 Å². The molecule has 150 valence electrons. The van der Waals surface area contributed by atoms with Crippen molar-refractivity contribution in [3.8, 4) is 5.75 Å². The molecular formula is C22H24N4O2S. The molecule has 0 saturated heterocycles. The number of carbonyl (C=O) groups excluding carboxylic acids is 1. The number of para-hydroxylation sites is 2. The van der Waals surface area contributed by atoms with Crippen molar-refractivity contribution in [2.24, 2.45) is 0 Å². The van der Waals surface area contributed by atoms with Crippen LogP contribution in [0.15, 0.2) is 59.8 Å². The van der Waals surface area contributed by atoms with Gasteiger partial charge in [0.25, 0.3) is 0 Å². The highest BCUT2D eigenvalue weighted by Gasteiger charge is 2.30. The molecule has 3 aromatic rings. The van der Waals surface area contributed by atoms with Crippen LogP contribution in [-0.2, 0) is 24.4 Å². The third kappa shape index (κ3) is 4.15. The normalized spacial score (nSPS) is 15.4. The minimum atomic E-state index is 0.0974. The number of ether oxygens (including phenoxy) is 1. The van der Waals surface area contributed by atoms with Gasteiger partial charge >= 0.3 is 0 Å². The number of thioether (sulfide) groups is 1. The molecule has 0 bridgehead atoms. The van der Waals surface area contributed by atoms with E-state index in [2.05, 4.69) is 23.2 Å². The van der Waals surface area contributed by atoms with Gasteiger partial charge in [0.1, 0.15) is 12.4 Å². The fourth-order valence-corrected chi connectivity index (χ4v) is 4.54. The molecule has 0 N–H and O–H groups in total. The molecule has 0 aliphatic carbocycles. The second-order valence-corrected chi connectivity index (χ2v) is 7.92. The molecule has 1 atom stereocenters. The molecule has 2 aromatic carbocycles. The van der Waals surface area contributed by atoms with Crippen molar-refractivity contribution in [3.05, 3.63) is 66.0 Å². The number of hydrogen-bond acceptors (Lipinski definition) is 5. The van der Waals surface area contributed by atoms with Crippen LogP contribution in [0.2, 0.25) is 0 Å². The number of amides is 1. The van der Waals surface area contributed by atoms with E-state index < -0.39 is 0 Å². The molecule has 6 nitrogen and oxygen atoms in total. The van der Waals surface area contributed by atoms with Gasteiger partial charge in [-0.25, -0.2) is 0 Å². The lowest BCUT2D eigenvalue weighted by molar-refractivity contribution is -0.116. The van der Waals surface area contributed by atoms with Crippen LogP contribution in [0.3, 0.4) is 0 Å². The largest absolute Gasteiger partial charge is 0.486 e. The third-order valence-corrected chi connectivity index (χ3v) is 5.97. The fourth-order valence-electron chi connectivity index (χ4n) is 3.66. The molecule has 0 unspecified atom stereocenters. The molecule has 0 saturated carbocycles. The maximum atomic E-state index is 12.9. The second-order valence-electron chi connectivity index (χ2n) is 6.98. The maximum Gasteiger partial charge on any atom is 0.237 e. The van der Waals surface area contributed by atoms with E-state index in [1.54, 1.807) is 0 Å². The van der Waals surface area contributed by atoms with Gasteiger partial charge in [0.15, 0.2) is 11.0 Å². The Morgan fingerprint density at radius 3 is 2.69 bits per heavy atom. The predicted molar refractivity (Wildman–Crippen MR) is 114 cm³/mol. The quantitative estimate of drug-likeness (QED) is 0.554. The number of fused-ring (bicyclic) bond motifs is 1. The molecule has 0 spiro atoms. The molecule has 7 heteroatoms. The lowest BCUT2D eigenvalue weighted by atomic mass is 10.1. The molecule has 1 aromatic heterocycles. The summed E-state index contributed by atoms with van der Waals surface area (Å²) in [6, 6.07) is 18.0. The van der Waals surface area contributed by atoms with Gasteiger partial charge in [0.05, 0.1) is 5.75 Å². The Balaban J connectivity index is 1.41. The molecule has 2 heterocycles. The van der Waals surface area contributed by atoms with Crippen LogP contribution in [0.1, 0.15) is 25.2 Å². The Labute approximate surface area is 174 Å². The zero-order valence-electron chi connectivity index (χ0n) is 16.6. The Kier molecular flexibility index (Phi) is 5.85. The highest BCUT2D eigenvalue weighted by Crippen LogP contribution is 2.32. The minimum Gasteiger partial charge on any atom is -0.486 e. The minimum absolute atomic E-state index is 0.0974. The van der Waals surface area contributed by atoms with Gasteiger partial charge in [-0.05, 0) is 44.0 Å². The second kappa shape index (κ2) is 8.69. The van der Waals surface area contributed by atoms with Crippen molar-refractivity contribution in [2.75, 3.05) is 10.7 Å². The topological polar surface area (TPSA) is 60.2 Å². The average Bonchev–Trinajstić information content (AvgIpc) is 3.30. The monoisotopic (exact) mass is 408 g/mol. The maximum absolute atomic E-state index is 12.9. The molecule has 1 aliphatic heterocycles. The van der Waals surface area contributed by atoms with Crippen molar-refractivity contribution in [2.45, 2.75) is 44.6 Å². The Morgan fingerprint density at radius 1 is 1.14 bits per heavy atom. The smallest absolute Gasteiger partial charge is 0.237 e. The standard InChI is InChI=1S/C22H24N4O2S/c1-3-25-20(14-28-18-10-5-4-6-11-18)23-24-22(25)29-15-21(27)26-16(2)13-17-9-7-8-12-19(17)26/h4-12,16H,3,13-15H2,1-2H3/t16-/m1/s1. The van der Waals surface area contributed by atoms with Gasteiger partial charge in [-0.15, -0.1) is 10.2 Å². The summed E-state index contributed by atoms with van der Waals surface area (Å²) in [5.74, 6) is 1.98. The summed E-state index contributed by atoms with van der Waals surface area (Å²) in [4.78, 5) is 14.8. The van der Waals surface area contributed by atoms with Crippen LogP contribution in [-0.4, -0.2) is 32.5 Å². The number of nitrogens with zero attached hydrogens (tertiary/aromatic N) is 4. The first-order valence-electron chi connectivity index (χ1n) is 9.80. The van der Waals surface area contributed by atoms with E-state index in [1.165, 1.54) is 17.3 Å². The summed E-state index contributed by atoms with van der Waals surface area (Å²) in [7, 11) is 0. The number of hydrogen-bond donors (Lipinski definition) is 0. The summed E-state index contributed by atoms with van der Waals surface area (Å²) in [6.07, 6.45) is 0.901. The number of carbonyl (C=O) groups is 1. The molecular weight excluding hydrogens is 384 g/mol. The zero-order chi connectivity index (χ0) is 20.2. The van der Waals surface area contributed by atoms with Gasteiger partial charge in [0, 0.05) is 18.3 Å². The lowest BCUT2D eigenvalue weighted by Gasteiger charge is -2.22. The van der Waals surface area contributed by atoms with Gasteiger partial charge < -0.3 is 14.2 Å². The van der Waals surface area contributed by atoms with E-state index in [-0.39, 0.29) is 11.9 Å². The van der Waals surface area contributed by atoms with E-state index in [0.717, 1.165) is 35.4 Å². The number of anilines is 1. The van der Waals surface area contributed by atoms with Gasteiger partial charge in [-0.1, -0.05) is 48.2 Å². The summed E-state index contributed by atoms with van der Waals surface area (Å²) < 4.78 is 7.80. The van der Waals surface area contributed by atoms with Gasteiger partial charge in [-0.3, -0.25) is 4.79 Å². The molecule has 29 heavy (non-hydrogen) atoms. The molecule has 1 amide bonds. The first kappa shape index (κ1) is 19.5. The number of benzene rings is 2. The Morgan fingerprint density at radius 2 is 1.90 bits per heavy atom. The van der Waals surface area contributed by atoms with Gasteiger partial charge in [0.2, 0.25) is 5.91 Å². The summed E-state index contributed by atoms with van der Waals surface area (Å²) in [5, 5.41) is 9.30. The third-order valence-electron chi connectivity index (χ3n) is 5.02. The van der Waals surface area contributed by atoms with Crippen molar-refractivity contribution in [1.82, 2.24) is 14.8 Å². The molecule has 1 aliphatic rings. The SMILES string of the molecule is CCn1c(COc2ccccc2)nnc1SCC(=O)N1c2ccccc2C[C@H]1C. The first-order valence-corrected chi connectivity index (χ1v) is 10.8. The summed E-state index contributed by atoms with van der Waals surface area (Å²) in [5.41, 5.74) is 2.26. The lowest BCUT2D eigenvalue weighted by Crippen LogP contribution is -2.37. The predicted octanol–water partition coefficient (Wildman–Crippen LogP) is 3.95. The number of rotatable bonds is 7. The fraction of sp³-hybridized carbons (Fsp3) is 0.318. The Hall–Kier alpha value is -2.80. The van der Waals surface area contributed by atoms with Crippen LogP contribution in [0, 0.1) is 0 Å². The highest BCUT2D eigenvalue weighted by molar-refractivity contribution is 7.99. The zero-order valence-corrected chi connectivity index (χ0v) is 17.4. The van der Waals surface area contributed by atoms with E-state index in [1.807, 2.05) is 64.9 Å². The van der Waals surface area contributed by atoms with Crippen LogP contribution >= 0.6 is 11.8 Å². The van der Waals surface area contributed by atoms with E-state index >= 15 is 0 Å². The van der Waals surface area contributed by atoms with Crippen molar-refractivity contribution < 1.29 is 9.53 Å². The molecule has 0 radical (unpaired) electrons. The van der Waals surface area contributed by atoms with Crippen molar-refractivity contribution in [3.63, 3.8) is 0 Å². The molecule has 4 rings (SSSR count). The summed E-state index contributed by atoms with van der Waals surface area (Å²) >= 11 is 1.43. The summed E-state index contributed by atoms with van der Waals surface area (Å²) in [6.45, 7) is 5.20. The van der Waals surface area contributed by atoms with Crippen LogP contribution in [0.4, 0.5) is 5.69 Å². The Bertz CT molecular complexity index is 989.